The first kappa shape index (κ1) is 33.1. The topological polar surface area (TPSA) is 95.3 Å². The zero-order valence-electron chi connectivity index (χ0n) is 26.1. The van der Waals surface area contributed by atoms with E-state index in [0.717, 1.165) is 80.2 Å². The van der Waals surface area contributed by atoms with Crippen LogP contribution in [-0.4, -0.2) is 46.7 Å². The van der Waals surface area contributed by atoms with Crippen LogP contribution in [0.15, 0.2) is 60.9 Å². The van der Waals surface area contributed by atoms with Gasteiger partial charge in [-0.25, -0.2) is 4.98 Å². The maximum Gasteiger partial charge on any atom is 0.433 e. The number of Topliss-reactive ketones (excluding diaryl/α,β-unsaturated/α-hetero) is 1. The van der Waals surface area contributed by atoms with E-state index in [4.69, 9.17) is 14.6 Å². The fourth-order valence-corrected chi connectivity index (χ4v) is 6.12. The molecule has 1 N–H and O–H groups in total. The van der Waals surface area contributed by atoms with Crippen molar-refractivity contribution in [2.24, 2.45) is 11.8 Å². The van der Waals surface area contributed by atoms with Crippen LogP contribution in [0, 0.1) is 18.8 Å². The molecule has 0 saturated heterocycles. The number of ether oxygens (including phenoxy) is 2. The average molecular weight is 637 g/mol. The number of methoxy groups -OCH3 is 1. The summed E-state index contributed by atoms with van der Waals surface area (Å²) in [4.78, 5) is 29.5. The summed E-state index contributed by atoms with van der Waals surface area (Å²) in [6.07, 6.45) is 5.21. The smallest absolute Gasteiger partial charge is 0.433 e. The third-order valence-corrected chi connectivity index (χ3v) is 8.64. The molecule has 2 aromatic heterocycles. The maximum atomic E-state index is 13.4. The summed E-state index contributed by atoms with van der Waals surface area (Å²) in [5.41, 5.74) is 2.03. The number of fused-ring (bicyclic) bond motifs is 1. The Morgan fingerprint density at radius 3 is 2.39 bits per heavy atom. The van der Waals surface area contributed by atoms with Crippen LogP contribution in [0.2, 0.25) is 0 Å². The Hall–Kier alpha value is -4.25. The van der Waals surface area contributed by atoms with Gasteiger partial charge >= 0.3 is 6.18 Å². The van der Waals surface area contributed by atoms with Crippen molar-refractivity contribution in [2.75, 3.05) is 20.3 Å². The molecule has 244 valence electrons. The van der Waals surface area contributed by atoms with Gasteiger partial charge in [0.15, 0.2) is 5.78 Å². The molecule has 2 heterocycles. The molecular formula is C35H39F3N4O4. The fraction of sp³-hybridized carbons (Fsp3) is 0.429. The van der Waals surface area contributed by atoms with E-state index < -0.39 is 11.9 Å². The molecule has 1 amide bonds. The van der Waals surface area contributed by atoms with Gasteiger partial charge in [-0.1, -0.05) is 19.3 Å². The van der Waals surface area contributed by atoms with Crippen molar-refractivity contribution < 1.29 is 32.2 Å². The molecule has 1 aliphatic carbocycles. The number of nitrogens with zero attached hydrogens (tertiary/aromatic N) is 3. The van der Waals surface area contributed by atoms with E-state index in [9.17, 15) is 22.8 Å². The minimum Gasteiger partial charge on any atom is -0.456 e. The Labute approximate surface area is 266 Å². The average Bonchev–Trinajstić information content (AvgIpc) is 3.49. The molecule has 46 heavy (non-hydrogen) atoms. The summed E-state index contributed by atoms with van der Waals surface area (Å²) in [5, 5.41) is 8.66. The number of ketones is 1. The zero-order chi connectivity index (χ0) is 32.7. The molecule has 2 unspecified atom stereocenters. The van der Waals surface area contributed by atoms with Gasteiger partial charge in [-0.15, -0.1) is 0 Å². The monoisotopic (exact) mass is 636 g/mol. The first-order chi connectivity index (χ1) is 22.1. The Morgan fingerprint density at radius 2 is 1.67 bits per heavy atom. The zero-order valence-corrected chi connectivity index (χ0v) is 26.1. The van der Waals surface area contributed by atoms with Gasteiger partial charge in [0, 0.05) is 48.8 Å². The Kier molecular flexibility index (Phi) is 10.7. The largest absolute Gasteiger partial charge is 0.456 e. The number of carbonyl (C=O) groups excluding carboxylic acids is 2. The number of carbonyl (C=O) groups is 2. The second-order valence-electron chi connectivity index (χ2n) is 11.9. The summed E-state index contributed by atoms with van der Waals surface area (Å²) in [6.45, 7) is 3.65. The van der Waals surface area contributed by atoms with Gasteiger partial charge < -0.3 is 14.8 Å². The highest BCUT2D eigenvalue weighted by atomic mass is 19.4. The van der Waals surface area contributed by atoms with Crippen LogP contribution in [0.4, 0.5) is 13.2 Å². The van der Waals surface area contributed by atoms with Gasteiger partial charge in [0.25, 0.3) is 5.91 Å². The van der Waals surface area contributed by atoms with Crippen LogP contribution in [0.5, 0.6) is 11.5 Å². The number of nitrogens with one attached hydrogen (secondary N) is 1. The van der Waals surface area contributed by atoms with Gasteiger partial charge in [-0.2, -0.15) is 18.3 Å². The predicted octanol–water partition coefficient (Wildman–Crippen LogP) is 7.79. The third kappa shape index (κ3) is 8.31. The molecule has 0 aliphatic heterocycles. The maximum absolute atomic E-state index is 13.4. The number of alkyl halides is 3. The molecule has 1 fully saturated rings. The number of aryl methyl sites for hydroxylation is 1. The number of halogens is 3. The quantitative estimate of drug-likeness (QED) is 0.141. The van der Waals surface area contributed by atoms with Crippen LogP contribution in [0.1, 0.15) is 76.9 Å². The predicted molar refractivity (Wildman–Crippen MR) is 168 cm³/mol. The molecule has 4 aromatic rings. The summed E-state index contributed by atoms with van der Waals surface area (Å²) in [5.74, 6) is 0.964. The van der Waals surface area contributed by atoms with Crippen molar-refractivity contribution in [3.8, 4) is 11.5 Å². The highest BCUT2D eigenvalue weighted by molar-refractivity contribution is 6.00. The lowest BCUT2D eigenvalue weighted by atomic mass is 9.89. The summed E-state index contributed by atoms with van der Waals surface area (Å²) in [6, 6.07) is 12.5. The van der Waals surface area contributed by atoms with E-state index in [1.807, 2.05) is 29.9 Å². The lowest BCUT2D eigenvalue weighted by Gasteiger charge is -2.16. The van der Waals surface area contributed by atoms with Crippen molar-refractivity contribution in [3.05, 3.63) is 83.3 Å². The molecular weight excluding hydrogens is 597 g/mol. The highest BCUT2D eigenvalue weighted by Gasteiger charge is 2.32. The van der Waals surface area contributed by atoms with Gasteiger partial charge in [-0.3, -0.25) is 14.3 Å². The molecule has 2 aromatic carbocycles. The number of benzene rings is 2. The normalized spacial score (nSPS) is 17.6. The van der Waals surface area contributed by atoms with E-state index in [0.29, 0.717) is 35.9 Å². The van der Waals surface area contributed by atoms with E-state index in [1.54, 1.807) is 31.4 Å². The third-order valence-electron chi connectivity index (χ3n) is 8.64. The number of aromatic nitrogens is 3. The van der Waals surface area contributed by atoms with Crippen LogP contribution < -0.4 is 10.1 Å². The number of hydrogen-bond donors (Lipinski definition) is 1. The molecule has 2 atom stereocenters. The van der Waals surface area contributed by atoms with Crippen LogP contribution in [0.3, 0.4) is 0 Å². The van der Waals surface area contributed by atoms with Crippen molar-refractivity contribution in [1.82, 2.24) is 20.1 Å². The first-order valence-electron chi connectivity index (χ1n) is 15.7. The Morgan fingerprint density at radius 1 is 0.957 bits per heavy atom. The molecule has 0 bridgehead atoms. The summed E-state index contributed by atoms with van der Waals surface area (Å²) in [7, 11) is 1.60. The van der Waals surface area contributed by atoms with Gasteiger partial charge in [0.1, 0.15) is 17.2 Å². The number of rotatable bonds is 10. The SMILES string of the molecule is COCCNC(=O)c1ccc2nn(CC3CCCCC(C(=O)c4ccc(Oc5ccc(C(F)(F)F)nc5)cc4)CCC3)cc2c1C. The second-order valence-corrected chi connectivity index (χ2v) is 11.9. The van der Waals surface area contributed by atoms with Crippen LogP contribution in [-0.2, 0) is 17.5 Å². The molecule has 11 heteroatoms. The van der Waals surface area contributed by atoms with Gasteiger partial charge in [-0.05, 0) is 92.6 Å². The summed E-state index contributed by atoms with van der Waals surface area (Å²) >= 11 is 0. The van der Waals surface area contributed by atoms with Crippen molar-refractivity contribution in [1.29, 1.82) is 0 Å². The second kappa shape index (κ2) is 14.9. The molecule has 0 spiro atoms. The lowest BCUT2D eigenvalue weighted by molar-refractivity contribution is -0.141. The molecule has 8 nitrogen and oxygen atoms in total. The lowest BCUT2D eigenvalue weighted by Crippen LogP contribution is -2.27. The molecule has 5 rings (SSSR count). The van der Waals surface area contributed by atoms with E-state index in [-0.39, 0.29) is 23.4 Å². The van der Waals surface area contributed by atoms with Crippen molar-refractivity contribution in [2.45, 2.75) is 64.6 Å². The minimum absolute atomic E-state index is 0.0620. The number of amides is 1. The molecule has 0 radical (unpaired) electrons. The summed E-state index contributed by atoms with van der Waals surface area (Å²) < 4.78 is 50.9. The van der Waals surface area contributed by atoms with E-state index in [1.165, 1.54) is 6.07 Å². The van der Waals surface area contributed by atoms with Crippen LogP contribution in [0.25, 0.3) is 10.9 Å². The number of pyridine rings is 1. The Bertz CT molecular complexity index is 1630. The standard InChI is InChI=1S/C35H39F3N4O4/c1-23-29(34(44)39-18-19-45-2)15-16-31-30(23)22-42(41-31)21-24-6-3-4-8-25(9-5-7-24)33(43)26-10-12-27(13-11-26)46-28-14-17-32(40-20-28)35(36,37)38/h10-17,20,22,24-25H,3-9,18-19,21H2,1-2H3,(H,39,44). The molecule has 1 saturated carbocycles. The fourth-order valence-electron chi connectivity index (χ4n) is 6.12. The minimum atomic E-state index is -4.51. The van der Waals surface area contributed by atoms with E-state index in [2.05, 4.69) is 10.3 Å². The van der Waals surface area contributed by atoms with Crippen molar-refractivity contribution in [3.63, 3.8) is 0 Å². The van der Waals surface area contributed by atoms with Gasteiger partial charge in [0.05, 0.1) is 18.3 Å². The molecule has 1 aliphatic rings. The van der Waals surface area contributed by atoms with Crippen LogP contribution >= 0.6 is 0 Å². The number of hydrogen-bond acceptors (Lipinski definition) is 6. The van der Waals surface area contributed by atoms with Gasteiger partial charge in [0.2, 0.25) is 0 Å². The van der Waals surface area contributed by atoms with Crippen molar-refractivity contribution >= 4 is 22.6 Å². The Balaban J connectivity index is 1.15. The van der Waals surface area contributed by atoms with E-state index >= 15 is 0 Å². The first-order valence-corrected chi connectivity index (χ1v) is 15.7. The highest BCUT2D eigenvalue weighted by Crippen LogP contribution is 2.32.